The summed E-state index contributed by atoms with van der Waals surface area (Å²) in [7, 11) is 1.69. The van der Waals surface area contributed by atoms with Gasteiger partial charge in [0.2, 0.25) is 0 Å². The van der Waals surface area contributed by atoms with Gasteiger partial charge in [-0.3, -0.25) is 9.48 Å². The molecule has 1 aromatic carbocycles. The fourth-order valence-electron chi connectivity index (χ4n) is 1.45. The number of nitrogen functional groups attached to an aromatic ring is 1. The van der Waals surface area contributed by atoms with Crippen molar-refractivity contribution in [2.45, 2.75) is 0 Å². The third-order valence-electron chi connectivity index (χ3n) is 2.37. The SMILES string of the molecule is Cn1ncc(N)c1NC(=O)c1cc(Br)ccc1Cl. The van der Waals surface area contributed by atoms with Crippen molar-refractivity contribution < 1.29 is 4.79 Å². The van der Waals surface area contributed by atoms with Gasteiger partial charge >= 0.3 is 0 Å². The molecule has 0 aliphatic rings. The summed E-state index contributed by atoms with van der Waals surface area (Å²) in [5.41, 5.74) is 6.46. The predicted octanol–water partition coefficient (Wildman–Crippen LogP) is 2.67. The van der Waals surface area contributed by atoms with Crippen LogP contribution in [0.3, 0.4) is 0 Å². The number of nitrogens with one attached hydrogen (secondary N) is 1. The van der Waals surface area contributed by atoms with Gasteiger partial charge in [-0.2, -0.15) is 5.10 Å². The summed E-state index contributed by atoms with van der Waals surface area (Å²) in [4.78, 5) is 12.1. The molecule has 1 aromatic heterocycles. The molecule has 0 aliphatic heterocycles. The van der Waals surface area contributed by atoms with Crippen molar-refractivity contribution in [2.75, 3.05) is 11.1 Å². The number of nitrogens with zero attached hydrogens (tertiary/aromatic N) is 2. The number of amides is 1. The van der Waals surface area contributed by atoms with Gasteiger partial charge in [-0.25, -0.2) is 0 Å². The normalized spacial score (nSPS) is 10.4. The first-order valence-corrected chi connectivity index (χ1v) is 6.20. The molecule has 3 N–H and O–H groups in total. The molecule has 2 rings (SSSR count). The van der Waals surface area contributed by atoms with Crippen LogP contribution in [-0.4, -0.2) is 15.7 Å². The number of hydrogen-bond acceptors (Lipinski definition) is 3. The van der Waals surface area contributed by atoms with Crippen molar-refractivity contribution in [1.82, 2.24) is 9.78 Å². The van der Waals surface area contributed by atoms with Crippen molar-refractivity contribution >= 4 is 44.9 Å². The number of benzene rings is 1. The Morgan fingerprint density at radius 1 is 1.56 bits per heavy atom. The monoisotopic (exact) mass is 328 g/mol. The lowest BCUT2D eigenvalue weighted by molar-refractivity contribution is 0.102. The minimum atomic E-state index is -0.336. The molecule has 5 nitrogen and oxygen atoms in total. The van der Waals surface area contributed by atoms with Crippen LogP contribution < -0.4 is 11.1 Å². The molecule has 0 bridgehead atoms. The maximum Gasteiger partial charge on any atom is 0.258 e. The Labute approximate surface area is 117 Å². The lowest BCUT2D eigenvalue weighted by Gasteiger charge is -2.08. The number of aryl methyl sites for hydroxylation is 1. The maximum absolute atomic E-state index is 12.1. The molecule has 0 saturated carbocycles. The summed E-state index contributed by atoms with van der Waals surface area (Å²) in [6.07, 6.45) is 1.47. The molecule has 0 spiro atoms. The van der Waals surface area contributed by atoms with Gasteiger partial charge in [0.1, 0.15) is 0 Å². The molecule has 0 fully saturated rings. The van der Waals surface area contributed by atoms with Crippen LogP contribution in [0.5, 0.6) is 0 Å². The van der Waals surface area contributed by atoms with E-state index in [9.17, 15) is 4.79 Å². The Hall–Kier alpha value is -1.53. The quantitative estimate of drug-likeness (QED) is 0.889. The van der Waals surface area contributed by atoms with Crippen LogP contribution in [0.2, 0.25) is 5.02 Å². The van der Waals surface area contributed by atoms with E-state index in [1.54, 1.807) is 25.2 Å². The number of hydrogen-bond donors (Lipinski definition) is 2. The van der Waals surface area contributed by atoms with Crippen LogP contribution >= 0.6 is 27.5 Å². The molecule has 0 unspecified atom stereocenters. The summed E-state index contributed by atoms with van der Waals surface area (Å²) in [5, 5.41) is 6.98. The van der Waals surface area contributed by atoms with E-state index in [0.29, 0.717) is 22.1 Å². The zero-order valence-electron chi connectivity index (χ0n) is 9.45. The molecule has 18 heavy (non-hydrogen) atoms. The second-order valence-electron chi connectivity index (χ2n) is 3.65. The van der Waals surface area contributed by atoms with Crippen LogP contribution in [0.25, 0.3) is 0 Å². The topological polar surface area (TPSA) is 72.9 Å². The highest BCUT2D eigenvalue weighted by atomic mass is 79.9. The number of carbonyl (C=O) groups excluding carboxylic acids is 1. The molecule has 0 radical (unpaired) electrons. The fourth-order valence-corrected chi connectivity index (χ4v) is 2.02. The van der Waals surface area contributed by atoms with Crippen molar-refractivity contribution in [3.8, 4) is 0 Å². The van der Waals surface area contributed by atoms with Crippen molar-refractivity contribution in [3.63, 3.8) is 0 Å². The molecule has 1 amide bonds. The average molecular weight is 330 g/mol. The van der Waals surface area contributed by atoms with E-state index in [-0.39, 0.29) is 5.91 Å². The van der Waals surface area contributed by atoms with Gasteiger partial charge < -0.3 is 11.1 Å². The van der Waals surface area contributed by atoms with E-state index in [0.717, 1.165) is 4.47 Å². The predicted molar refractivity (Wildman–Crippen MR) is 74.7 cm³/mol. The van der Waals surface area contributed by atoms with Crippen LogP contribution in [0.1, 0.15) is 10.4 Å². The number of carbonyl (C=O) groups is 1. The van der Waals surface area contributed by atoms with Crippen LogP contribution in [0.15, 0.2) is 28.9 Å². The standard InChI is InChI=1S/C11H10BrClN4O/c1-17-10(9(14)5-15-17)16-11(18)7-4-6(12)2-3-8(7)13/h2-5H,14H2,1H3,(H,16,18). The van der Waals surface area contributed by atoms with Crippen molar-refractivity contribution in [3.05, 3.63) is 39.5 Å². The molecule has 0 atom stereocenters. The number of rotatable bonds is 2. The van der Waals surface area contributed by atoms with Crippen molar-refractivity contribution in [2.24, 2.45) is 7.05 Å². The van der Waals surface area contributed by atoms with E-state index in [1.165, 1.54) is 10.9 Å². The Balaban J connectivity index is 2.30. The Kier molecular flexibility index (Phi) is 3.58. The molecular formula is C11H10BrClN4O. The van der Waals surface area contributed by atoms with Crippen molar-refractivity contribution in [1.29, 1.82) is 0 Å². The van der Waals surface area contributed by atoms with E-state index >= 15 is 0 Å². The first-order chi connectivity index (χ1) is 8.49. The first kappa shape index (κ1) is 12.9. The highest BCUT2D eigenvalue weighted by Crippen LogP contribution is 2.23. The number of anilines is 2. The summed E-state index contributed by atoms with van der Waals surface area (Å²) < 4.78 is 2.26. The van der Waals surface area contributed by atoms with Gasteiger partial charge in [-0.05, 0) is 18.2 Å². The smallest absolute Gasteiger partial charge is 0.258 e. The first-order valence-electron chi connectivity index (χ1n) is 5.03. The molecular weight excluding hydrogens is 320 g/mol. The molecule has 94 valence electrons. The molecule has 0 saturated heterocycles. The van der Waals surface area contributed by atoms with Gasteiger partial charge in [0.15, 0.2) is 5.82 Å². The second kappa shape index (κ2) is 4.99. The third-order valence-corrected chi connectivity index (χ3v) is 3.19. The van der Waals surface area contributed by atoms with Crippen LogP contribution in [-0.2, 0) is 7.05 Å². The summed E-state index contributed by atoms with van der Waals surface area (Å²) >= 11 is 9.27. The minimum Gasteiger partial charge on any atom is -0.394 e. The largest absolute Gasteiger partial charge is 0.394 e. The highest BCUT2D eigenvalue weighted by molar-refractivity contribution is 9.10. The minimum absolute atomic E-state index is 0.336. The Morgan fingerprint density at radius 2 is 2.28 bits per heavy atom. The number of nitrogens with two attached hydrogens (primary N) is 1. The zero-order valence-corrected chi connectivity index (χ0v) is 11.8. The second-order valence-corrected chi connectivity index (χ2v) is 4.97. The van der Waals surface area contributed by atoms with Gasteiger partial charge in [0.25, 0.3) is 5.91 Å². The Bertz CT molecular complexity index is 592. The number of halogens is 2. The van der Waals surface area contributed by atoms with Crippen LogP contribution in [0.4, 0.5) is 11.5 Å². The summed E-state index contributed by atoms with van der Waals surface area (Å²) in [6, 6.07) is 5.05. The molecule has 0 aliphatic carbocycles. The number of aromatic nitrogens is 2. The zero-order chi connectivity index (χ0) is 13.3. The lowest BCUT2D eigenvalue weighted by Crippen LogP contribution is -2.16. The van der Waals surface area contributed by atoms with E-state index < -0.39 is 0 Å². The molecule has 1 heterocycles. The van der Waals surface area contributed by atoms with Gasteiger partial charge in [0.05, 0.1) is 22.5 Å². The van der Waals surface area contributed by atoms with E-state index in [1.807, 2.05) is 0 Å². The average Bonchev–Trinajstić information content (AvgIpc) is 2.64. The van der Waals surface area contributed by atoms with Gasteiger partial charge in [0, 0.05) is 11.5 Å². The Morgan fingerprint density at radius 3 is 2.89 bits per heavy atom. The van der Waals surface area contributed by atoms with Gasteiger partial charge in [-0.1, -0.05) is 27.5 Å². The third kappa shape index (κ3) is 2.49. The highest BCUT2D eigenvalue weighted by Gasteiger charge is 2.14. The lowest BCUT2D eigenvalue weighted by atomic mass is 10.2. The summed E-state index contributed by atoms with van der Waals surface area (Å²) in [5.74, 6) is 0.104. The molecule has 2 aromatic rings. The van der Waals surface area contributed by atoms with Crippen LogP contribution in [0, 0.1) is 0 Å². The van der Waals surface area contributed by atoms with E-state index in [4.69, 9.17) is 17.3 Å². The molecule has 7 heteroatoms. The van der Waals surface area contributed by atoms with E-state index in [2.05, 4.69) is 26.3 Å². The summed E-state index contributed by atoms with van der Waals surface area (Å²) in [6.45, 7) is 0. The fraction of sp³-hybridized carbons (Fsp3) is 0.0909. The maximum atomic E-state index is 12.1. The van der Waals surface area contributed by atoms with Gasteiger partial charge in [-0.15, -0.1) is 0 Å².